The van der Waals surface area contributed by atoms with Crippen LogP contribution in [0.1, 0.15) is 0 Å². The van der Waals surface area contributed by atoms with Gasteiger partial charge in [0.2, 0.25) is 5.89 Å². The van der Waals surface area contributed by atoms with E-state index in [1.165, 1.54) is 0 Å². The summed E-state index contributed by atoms with van der Waals surface area (Å²) in [5, 5.41) is 2.25. The van der Waals surface area contributed by atoms with E-state index in [4.69, 9.17) is 8.83 Å². The molecule has 160 valence electrons. The van der Waals surface area contributed by atoms with Crippen LogP contribution >= 0.6 is 0 Å². The number of nitrogens with zero attached hydrogens (tertiary/aromatic N) is 1. The Bertz CT molecular complexity index is 1760. The molecule has 2 aromatic heterocycles. The average molecular weight is 437 g/mol. The Morgan fingerprint density at radius 1 is 0.441 bits per heavy atom. The minimum Gasteiger partial charge on any atom is -0.455 e. The van der Waals surface area contributed by atoms with E-state index in [1.54, 1.807) is 0 Å². The van der Waals surface area contributed by atoms with Crippen LogP contribution in [0.3, 0.4) is 0 Å². The second kappa shape index (κ2) is 7.46. The number of fused-ring (bicyclic) bond motifs is 4. The average Bonchev–Trinajstić information content (AvgIpc) is 3.51. The third-order valence-electron chi connectivity index (χ3n) is 6.35. The van der Waals surface area contributed by atoms with Crippen LogP contribution in [0.2, 0.25) is 0 Å². The van der Waals surface area contributed by atoms with E-state index >= 15 is 0 Å². The van der Waals surface area contributed by atoms with Crippen LogP contribution in [0.25, 0.3) is 66.7 Å². The first-order chi connectivity index (χ1) is 16.8. The molecule has 3 heteroatoms. The van der Waals surface area contributed by atoms with E-state index in [2.05, 4.69) is 89.9 Å². The number of benzene rings is 5. The molecule has 0 saturated heterocycles. The van der Waals surface area contributed by atoms with E-state index in [9.17, 15) is 0 Å². The van der Waals surface area contributed by atoms with Gasteiger partial charge in [0.1, 0.15) is 16.7 Å². The largest absolute Gasteiger partial charge is 0.455 e. The summed E-state index contributed by atoms with van der Waals surface area (Å²) < 4.78 is 12.5. The fourth-order valence-corrected chi connectivity index (χ4v) is 4.68. The minimum atomic E-state index is 0.627. The fourth-order valence-electron chi connectivity index (χ4n) is 4.68. The van der Waals surface area contributed by atoms with Crippen molar-refractivity contribution in [2.45, 2.75) is 0 Å². The maximum atomic E-state index is 6.55. The summed E-state index contributed by atoms with van der Waals surface area (Å²) >= 11 is 0. The van der Waals surface area contributed by atoms with Gasteiger partial charge in [-0.15, -0.1) is 0 Å². The van der Waals surface area contributed by atoms with E-state index in [1.807, 2.05) is 30.3 Å². The molecular weight excluding hydrogens is 418 g/mol. The first kappa shape index (κ1) is 18.9. The van der Waals surface area contributed by atoms with Crippen LogP contribution in [0, 0.1) is 0 Å². The molecule has 7 rings (SSSR count). The Labute approximate surface area is 195 Å². The van der Waals surface area contributed by atoms with Crippen molar-refractivity contribution in [3.8, 4) is 33.7 Å². The molecule has 3 nitrogen and oxygen atoms in total. The van der Waals surface area contributed by atoms with E-state index in [0.717, 1.165) is 60.9 Å². The number of rotatable bonds is 3. The molecule has 0 unspecified atom stereocenters. The van der Waals surface area contributed by atoms with Gasteiger partial charge in [0.25, 0.3) is 0 Å². The predicted molar refractivity (Wildman–Crippen MR) is 138 cm³/mol. The van der Waals surface area contributed by atoms with Crippen molar-refractivity contribution in [1.29, 1.82) is 0 Å². The maximum Gasteiger partial charge on any atom is 0.227 e. The number of para-hydroxylation sites is 4. The molecular formula is C31H19NO2. The van der Waals surface area contributed by atoms with Gasteiger partial charge in [-0.05, 0) is 35.4 Å². The molecule has 0 atom stereocenters. The zero-order chi connectivity index (χ0) is 22.5. The van der Waals surface area contributed by atoms with E-state index in [0.29, 0.717) is 5.89 Å². The van der Waals surface area contributed by atoms with Gasteiger partial charge >= 0.3 is 0 Å². The zero-order valence-corrected chi connectivity index (χ0v) is 18.2. The van der Waals surface area contributed by atoms with Crippen molar-refractivity contribution < 1.29 is 8.83 Å². The zero-order valence-electron chi connectivity index (χ0n) is 18.2. The topological polar surface area (TPSA) is 39.2 Å². The van der Waals surface area contributed by atoms with Gasteiger partial charge in [-0.25, -0.2) is 4.98 Å². The van der Waals surface area contributed by atoms with Crippen molar-refractivity contribution >= 4 is 33.0 Å². The van der Waals surface area contributed by atoms with Gasteiger partial charge in [-0.1, -0.05) is 91.0 Å². The van der Waals surface area contributed by atoms with Gasteiger partial charge in [-0.2, -0.15) is 0 Å². The van der Waals surface area contributed by atoms with Crippen molar-refractivity contribution in [2.24, 2.45) is 0 Å². The van der Waals surface area contributed by atoms with Crippen molar-refractivity contribution in [1.82, 2.24) is 4.98 Å². The summed E-state index contributed by atoms with van der Waals surface area (Å²) in [5.41, 5.74) is 8.83. The normalized spacial score (nSPS) is 11.5. The quantitative estimate of drug-likeness (QED) is 0.277. The third-order valence-corrected chi connectivity index (χ3v) is 6.35. The number of hydrogen-bond acceptors (Lipinski definition) is 3. The SMILES string of the molecule is c1ccc(-c2cccc3c2oc2c(-c4ccc(-c5nc6ccccc6o5)cc4)cccc23)cc1. The molecule has 0 amide bonds. The Balaban J connectivity index is 1.35. The van der Waals surface area contributed by atoms with Gasteiger partial charge in [-0.3, -0.25) is 0 Å². The molecule has 0 N–H and O–H groups in total. The first-order valence-corrected chi connectivity index (χ1v) is 11.3. The first-order valence-electron chi connectivity index (χ1n) is 11.3. The number of furan rings is 1. The van der Waals surface area contributed by atoms with Crippen LogP contribution in [0.5, 0.6) is 0 Å². The van der Waals surface area contributed by atoms with Crippen LogP contribution in [-0.2, 0) is 0 Å². The maximum absolute atomic E-state index is 6.55. The second-order valence-electron chi connectivity index (χ2n) is 8.40. The van der Waals surface area contributed by atoms with Crippen LogP contribution in [-0.4, -0.2) is 4.98 Å². The molecule has 0 fully saturated rings. The molecule has 0 radical (unpaired) electrons. The summed E-state index contributed by atoms with van der Waals surface area (Å²) in [6.07, 6.45) is 0. The summed E-state index contributed by atoms with van der Waals surface area (Å²) in [6.45, 7) is 0. The second-order valence-corrected chi connectivity index (χ2v) is 8.40. The third kappa shape index (κ3) is 2.95. The molecule has 0 saturated carbocycles. The van der Waals surface area contributed by atoms with Crippen LogP contribution in [0.15, 0.2) is 124 Å². The number of aromatic nitrogens is 1. The highest BCUT2D eigenvalue weighted by molar-refractivity contribution is 6.13. The van der Waals surface area contributed by atoms with Crippen molar-refractivity contribution in [3.63, 3.8) is 0 Å². The lowest BCUT2D eigenvalue weighted by Crippen LogP contribution is -1.81. The van der Waals surface area contributed by atoms with Crippen molar-refractivity contribution in [2.75, 3.05) is 0 Å². The highest BCUT2D eigenvalue weighted by Gasteiger charge is 2.16. The van der Waals surface area contributed by atoms with E-state index in [-0.39, 0.29) is 0 Å². The highest BCUT2D eigenvalue weighted by Crippen LogP contribution is 2.40. The molecule has 0 aliphatic carbocycles. The molecule has 7 aromatic rings. The van der Waals surface area contributed by atoms with E-state index < -0.39 is 0 Å². The fraction of sp³-hybridized carbons (Fsp3) is 0. The Hall–Kier alpha value is -4.63. The van der Waals surface area contributed by atoms with Gasteiger partial charge in [0, 0.05) is 27.5 Å². The molecule has 2 heterocycles. The number of hydrogen-bond donors (Lipinski definition) is 0. The van der Waals surface area contributed by atoms with Crippen LogP contribution in [0.4, 0.5) is 0 Å². The molecule has 0 bridgehead atoms. The Morgan fingerprint density at radius 3 is 1.71 bits per heavy atom. The molecule has 5 aromatic carbocycles. The highest BCUT2D eigenvalue weighted by atomic mass is 16.3. The van der Waals surface area contributed by atoms with Crippen molar-refractivity contribution in [3.05, 3.63) is 115 Å². The monoisotopic (exact) mass is 437 g/mol. The summed E-state index contributed by atoms with van der Waals surface area (Å²) in [6, 6.07) is 39.2. The van der Waals surface area contributed by atoms with Gasteiger partial charge in [0.05, 0.1) is 0 Å². The predicted octanol–water partition coefficient (Wildman–Crippen LogP) is 8.73. The Morgan fingerprint density at radius 2 is 1.03 bits per heavy atom. The molecule has 0 aliphatic rings. The smallest absolute Gasteiger partial charge is 0.227 e. The molecule has 0 aliphatic heterocycles. The molecule has 0 spiro atoms. The number of oxazole rings is 1. The standard InChI is InChI=1S/C31H19NO2/c1-2-8-20(9-3-1)23-10-6-12-25-26-13-7-11-24(30(26)34-29(23)25)21-16-18-22(19-17-21)31-32-27-14-4-5-15-28(27)33-31/h1-19H. The lowest BCUT2D eigenvalue weighted by molar-refractivity contribution is 0.620. The lowest BCUT2D eigenvalue weighted by Gasteiger charge is -2.04. The van der Waals surface area contributed by atoms with Crippen LogP contribution < -0.4 is 0 Å². The minimum absolute atomic E-state index is 0.627. The summed E-state index contributed by atoms with van der Waals surface area (Å²) in [7, 11) is 0. The summed E-state index contributed by atoms with van der Waals surface area (Å²) in [5.74, 6) is 0.627. The van der Waals surface area contributed by atoms with Gasteiger partial charge in [0.15, 0.2) is 5.58 Å². The Kier molecular flexibility index (Phi) is 4.15. The van der Waals surface area contributed by atoms with Gasteiger partial charge < -0.3 is 8.83 Å². The molecule has 34 heavy (non-hydrogen) atoms. The summed E-state index contributed by atoms with van der Waals surface area (Å²) in [4.78, 5) is 4.62. The lowest BCUT2D eigenvalue weighted by atomic mass is 9.99.